The van der Waals surface area contributed by atoms with Crippen LogP contribution in [0.5, 0.6) is 5.75 Å². The SMILES string of the molecule is N#C/C(=C/c1ccccc1OCc1ccc(I)cc1)C(=O)Nc1cccc(Br)c1. The van der Waals surface area contributed by atoms with E-state index in [-0.39, 0.29) is 5.57 Å². The van der Waals surface area contributed by atoms with E-state index in [4.69, 9.17) is 4.74 Å². The van der Waals surface area contributed by atoms with Crippen molar-refractivity contribution in [3.05, 3.63) is 97.5 Å². The zero-order valence-electron chi connectivity index (χ0n) is 15.2. The number of ether oxygens (including phenoxy) is 1. The monoisotopic (exact) mass is 558 g/mol. The average molecular weight is 559 g/mol. The zero-order valence-corrected chi connectivity index (χ0v) is 19.0. The average Bonchev–Trinajstić information content (AvgIpc) is 2.72. The van der Waals surface area contributed by atoms with Crippen molar-refractivity contribution in [2.75, 3.05) is 5.32 Å². The first-order valence-corrected chi connectivity index (χ1v) is 10.6. The molecular formula is C23H16BrIN2O2. The van der Waals surface area contributed by atoms with Gasteiger partial charge in [-0.05, 0) is 70.6 Å². The number of carbonyl (C=O) groups is 1. The summed E-state index contributed by atoms with van der Waals surface area (Å²) in [5.41, 5.74) is 2.31. The minimum atomic E-state index is -0.474. The molecule has 3 rings (SSSR count). The third-order valence-electron chi connectivity index (χ3n) is 3.97. The number of hydrogen-bond donors (Lipinski definition) is 1. The van der Waals surface area contributed by atoms with E-state index >= 15 is 0 Å². The lowest BCUT2D eigenvalue weighted by Gasteiger charge is -2.10. The van der Waals surface area contributed by atoms with Gasteiger partial charge in [-0.1, -0.05) is 52.3 Å². The maximum atomic E-state index is 12.5. The van der Waals surface area contributed by atoms with E-state index in [1.54, 1.807) is 12.1 Å². The third-order valence-corrected chi connectivity index (χ3v) is 5.19. The summed E-state index contributed by atoms with van der Waals surface area (Å²) in [7, 11) is 0. The van der Waals surface area contributed by atoms with Gasteiger partial charge in [0.1, 0.15) is 24.0 Å². The van der Waals surface area contributed by atoms with Crippen LogP contribution < -0.4 is 10.1 Å². The first-order chi connectivity index (χ1) is 14.0. The summed E-state index contributed by atoms with van der Waals surface area (Å²) in [5.74, 6) is 0.132. The molecule has 0 bridgehead atoms. The van der Waals surface area contributed by atoms with E-state index in [9.17, 15) is 10.1 Å². The van der Waals surface area contributed by atoms with Crippen molar-refractivity contribution in [2.45, 2.75) is 6.61 Å². The fourth-order valence-corrected chi connectivity index (χ4v) is 3.30. The van der Waals surface area contributed by atoms with Gasteiger partial charge >= 0.3 is 0 Å². The molecule has 3 aromatic carbocycles. The van der Waals surface area contributed by atoms with Crippen molar-refractivity contribution in [3.8, 4) is 11.8 Å². The van der Waals surface area contributed by atoms with Gasteiger partial charge in [0.05, 0.1) is 0 Å². The topological polar surface area (TPSA) is 62.1 Å². The first-order valence-electron chi connectivity index (χ1n) is 8.70. The van der Waals surface area contributed by atoms with Crippen LogP contribution in [0.2, 0.25) is 0 Å². The van der Waals surface area contributed by atoms with Crippen LogP contribution in [-0.2, 0) is 11.4 Å². The zero-order chi connectivity index (χ0) is 20.6. The van der Waals surface area contributed by atoms with Gasteiger partial charge in [-0.3, -0.25) is 4.79 Å². The second-order valence-electron chi connectivity index (χ2n) is 6.09. The molecule has 0 unspecified atom stereocenters. The quantitative estimate of drug-likeness (QED) is 0.223. The Bertz CT molecular complexity index is 1090. The van der Waals surface area contributed by atoms with Crippen LogP contribution >= 0.6 is 38.5 Å². The van der Waals surface area contributed by atoms with Crippen LogP contribution in [0, 0.1) is 14.9 Å². The van der Waals surface area contributed by atoms with Crippen molar-refractivity contribution in [1.29, 1.82) is 5.26 Å². The Hall–Kier alpha value is -2.63. The van der Waals surface area contributed by atoms with E-state index in [2.05, 4.69) is 43.8 Å². The molecule has 0 aliphatic heterocycles. The highest BCUT2D eigenvalue weighted by molar-refractivity contribution is 14.1. The number of halogens is 2. The van der Waals surface area contributed by atoms with E-state index in [0.29, 0.717) is 23.6 Å². The molecule has 0 radical (unpaired) electrons. The molecule has 0 fully saturated rings. The summed E-state index contributed by atoms with van der Waals surface area (Å²) >= 11 is 5.62. The van der Waals surface area contributed by atoms with E-state index in [1.165, 1.54) is 6.08 Å². The number of nitrogens with one attached hydrogen (secondary N) is 1. The Kier molecular flexibility index (Phi) is 7.44. The first kappa shape index (κ1) is 21.1. The van der Waals surface area contributed by atoms with E-state index in [1.807, 2.05) is 66.7 Å². The number of benzene rings is 3. The van der Waals surface area contributed by atoms with Crippen LogP contribution in [0.4, 0.5) is 5.69 Å². The number of para-hydroxylation sites is 1. The lowest BCUT2D eigenvalue weighted by atomic mass is 10.1. The lowest BCUT2D eigenvalue weighted by Crippen LogP contribution is -2.13. The molecule has 6 heteroatoms. The molecule has 0 saturated heterocycles. The second-order valence-corrected chi connectivity index (χ2v) is 8.25. The number of nitriles is 1. The summed E-state index contributed by atoms with van der Waals surface area (Å²) in [5, 5.41) is 12.2. The van der Waals surface area contributed by atoms with Crippen molar-refractivity contribution >= 4 is 56.2 Å². The van der Waals surface area contributed by atoms with Gasteiger partial charge in [-0.25, -0.2) is 0 Å². The Balaban J connectivity index is 1.77. The van der Waals surface area contributed by atoms with Crippen LogP contribution in [0.3, 0.4) is 0 Å². The second kappa shape index (κ2) is 10.2. The third kappa shape index (κ3) is 6.17. The molecule has 0 heterocycles. The van der Waals surface area contributed by atoms with Gasteiger partial charge in [0.25, 0.3) is 5.91 Å². The number of amides is 1. The van der Waals surface area contributed by atoms with Gasteiger partial charge in [0.2, 0.25) is 0 Å². The lowest BCUT2D eigenvalue weighted by molar-refractivity contribution is -0.112. The molecule has 0 spiro atoms. The Morgan fingerprint density at radius 1 is 1.10 bits per heavy atom. The van der Waals surface area contributed by atoms with E-state index < -0.39 is 5.91 Å². The predicted octanol–water partition coefficient (Wildman–Crippen LogP) is 6.18. The highest BCUT2D eigenvalue weighted by atomic mass is 127. The minimum absolute atomic E-state index is 0.00436. The van der Waals surface area contributed by atoms with Crippen LogP contribution in [-0.4, -0.2) is 5.91 Å². The Morgan fingerprint density at radius 3 is 2.59 bits per heavy atom. The molecule has 0 aliphatic carbocycles. The summed E-state index contributed by atoms with van der Waals surface area (Å²) in [6, 6.07) is 24.5. The van der Waals surface area contributed by atoms with Gasteiger partial charge in [0.15, 0.2) is 0 Å². The number of hydrogen-bond acceptors (Lipinski definition) is 3. The summed E-state index contributed by atoms with van der Waals surface area (Å²) in [4.78, 5) is 12.5. The minimum Gasteiger partial charge on any atom is -0.488 e. The predicted molar refractivity (Wildman–Crippen MR) is 126 cm³/mol. The fourth-order valence-electron chi connectivity index (χ4n) is 2.54. The highest BCUT2D eigenvalue weighted by Gasteiger charge is 2.11. The maximum absolute atomic E-state index is 12.5. The van der Waals surface area contributed by atoms with Gasteiger partial charge < -0.3 is 10.1 Å². The molecule has 29 heavy (non-hydrogen) atoms. The molecule has 0 aliphatic rings. The number of nitrogens with zero attached hydrogens (tertiary/aromatic N) is 1. The number of carbonyl (C=O) groups excluding carboxylic acids is 1. The molecule has 0 atom stereocenters. The highest BCUT2D eigenvalue weighted by Crippen LogP contribution is 2.23. The summed E-state index contributed by atoms with van der Waals surface area (Å²) < 4.78 is 7.93. The molecule has 144 valence electrons. The fraction of sp³-hybridized carbons (Fsp3) is 0.0435. The molecule has 0 aromatic heterocycles. The molecular weight excluding hydrogens is 543 g/mol. The largest absolute Gasteiger partial charge is 0.488 e. The summed E-state index contributed by atoms with van der Waals surface area (Å²) in [6.45, 7) is 0.397. The van der Waals surface area contributed by atoms with Crippen molar-refractivity contribution in [1.82, 2.24) is 0 Å². The number of anilines is 1. The molecule has 1 amide bonds. The van der Waals surface area contributed by atoms with Crippen molar-refractivity contribution in [2.24, 2.45) is 0 Å². The normalized spacial score (nSPS) is 10.9. The Labute approximate surface area is 191 Å². The summed E-state index contributed by atoms with van der Waals surface area (Å²) in [6.07, 6.45) is 1.54. The standard InChI is InChI=1S/C23H16BrIN2O2/c24-19-5-3-6-21(13-19)27-23(28)18(14-26)12-17-4-1-2-7-22(17)29-15-16-8-10-20(25)11-9-16/h1-13H,15H2,(H,27,28)/b18-12-. The molecule has 1 N–H and O–H groups in total. The molecule has 0 saturated carbocycles. The smallest absolute Gasteiger partial charge is 0.266 e. The maximum Gasteiger partial charge on any atom is 0.266 e. The molecule has 4 nitrogen and oxygen atoms in total. The Morgan fingerprint density at radius 2 is 1.86 bits per heavy atom. The van der Waals surface area contributed by atoms with Crippen molar-refractivity contribution in [3.63, 3.8) is 0 Å². The van der Waals surface area contributed by atoms with E-state index in [0.717, 1.165) is 13.6 Å². The van der Waals surface area contributed by atoms with Gasteiger partial charge in [-0.2, -0.15) is 5.26 Å². The van der Waals surface area contributed by atoms with Crippen molar-refractivity contribution < 1.29 is 9.53 Å². The molecule has 3 aromatic rings. The number of rotatable bonds is 6. The van der Waals surface area contributed by atoms with Crippen LogP contribution in [0.1, 0.15) is 11.1 Å². The van der Waals surface area contributed by atoms with Crippen LogP contribution in [0.15, 0.2) is 82.8 Å². The van der Waals surface area contributed by atoms with Gasteiger partial charge in [-0.15, -0.1) is 0 Å². The van der Waals surface area contributed by atoms with Crippen LogP contribution in [0.25, 0.3) is 6.08 Å². The van der Waals surface area contributed by atoms with Gasteiger partial charge in [0, 0.05) is 19.3 Å².